The Hall–Kier alpha value is -0.930. The van der Waals surface area contributed by atoms with Gasteiger partial charge in [-0.3, -0.25) is 4.98 Å². The Labute approximate surface area is 97.0 Å². The molecule has 1 fully saturated rings. The lowest BCUT2D eigenvalue weighted by atomic mass is 9.91. The number of aryl methyl sites for hydroxylation is 1. The van der Waals surface area contributed by atoms with E-state index in [1.165, 1.54) is 12.0 Å². The predicted molar refractivity (Wildman–Crippen MR) is 64.2 cm³/mol. The lowest BCUT2D eigenvalue weighted by molar-refractivity contribution is 0.0449. The van der Waals surface area contributed by atoms with E-state index < -0.39 is 0 Å². The fourth-order valence-corrected chi connectivity index (χ4v) is 2.13. The molecule has 2 heterocycles. The molecule has 1 aliphatic heterocycles. The molecule has 3 nitrogen and oxygen atoms in total. The molecule has 0 bridgehead atoms. The monoisotopic (exact) mass is 220 g/mol. The highest BCUT2D eigenvalue weighted by atomic mass is 16.5. The molecule has 88 valence electrons. The van der Waals surface area contributed by atoms with Crippen molar-refractivity contribution >= 4 is 0 Å². The van der Waals surface area contributed by atoms with Gasteiger partial charge in [0.2, 0.25) is 0 Å². The van der Waals surface area contributed by atoms with Crippen molar-refractivity contribution in [1.29, 1.82) is 0 Å². The van der Waals surface area contributed by atoms with Crippen LogP contribution in [0.5, 0.6) is 0 Å². The van der Waals surface area contributed by atoms with Gasteiger partial charge in [0.05, 0.1) is 6.61 Å². The third kappa shape index (κ3) is 3.03. The van der Waals surface area contributed by atoms with Crippen molar-refractivity contribution in [1.82, 2.24) is 4.98 Å². The Balaban J connectivity index is 1.90. The minimum Gasteiger partial charge on any atom is -0.381 e. The number of nitrogens with zero attached hydrogens (tertiary/aromatic N) is 1. The van der Waals surface area contributed by atoms with Gasteiger partial charge in [0.15, 0.2) is 0 Å². The summed E-state index contributed by atoms with van der Waals surface area (Å²) in [5.41, 5.74) is 8.48. The van der Waals surface area contributed by atoms with Crippen LogP contribution in [0.2, 0.25) is 0 Å². The Morgan fingerprint density at radius 2 is 2.44 bits per heavy atom. The van der Waals surface area contributed by atoms with Crippen LogP contribution in [-0.2, 0) is 11.2 Å². The summed E-state index contributed by atoms with van der Waals surface area (Å²) >= 11 is 0. The Morgan fingerprint density at radius 1 is 1.56 bits per heavy atom. The van der Waals surface area contributed by atoms with Crippen molar-refractivity contribution < 1.29 is 4.74 Å². The number of rotatable bonds is 3. The first-order valence-electron chi connectivity index (χ1n) is 6.00. The van der Waals surface area contributed by atoms with Crippen LogP contribution in [0.25, 0.3) is 0 Å². The van der Waals surface area contributed by atoms with Crippen molar-refractivity contribution in [3.05, 3.63) is 29.6 Å². The number of hydrogen-bond donors (Lipinski definition) is 1. The smallest absolute Gasteiger partial charge is 0.0509 e. The summed E-state index contributed by atoms with van der Waals surface area (Å²) < 4.78 is 5.46. The van der Waals surface area contributed by atoms with Gasteiger partial charge in [-0.15, -0.1) is 0 Å². The Bertz CT molecular complexity index is 317. The summed E-state index contributed by atoms with van der Waals surface area (Å²) in [6.45, 7) is 3.75. The molecule has 1 aromatic rings. The van der Waals surface area contributed by atoms with E-state index >= 15 is 0 Å². The quantitative estimate of drug-likeness (QED) is 0.843. The van der Waals surface area contributed by atoms with E-state index in [0.29, 0.717) is 5.92 Å². The molecule has 1 saturated heterocycles. The van der Waals surface area contributed by atoms with Crippen LogP contribution in [0.4, 0.5) is 0 Å². The second-order valence-corrected chi connectivity index (χ2v) is 4.67. The van der Waals surface area contributed by atoms with E-state index in [-0.39, 0.29) is 6.04 Å². The summed E-state index contributed by atoms with van der Waals surface area (Å²) in [5, 5.41) is 0. The Kier molecular flexibility index (Phi) is 3.91. The van der Waals surface area contributed by atoms with Gasteiger partial charge in [-0.2, -0.15) is 0 Å². The highest BCUT2D eigenvalue weighted by molar-refractivity contribution is 5.13. The van der Waals surface area contributed by atoms with Gasteiger partial charge in [-0.25, -0.2) is 0 Å². The van der Waals surface area contributed by atoms with Gasteiger partial charge in [0.25, 0.3) is 0 Å². The molecule has 0 saturated carbocycles. The second kappa shape index (κ2) is 5.41. The standard InChI is InChI=1S/C13H20N2O/c1-10-4-5-12(15-8-10)7-13(14)11-3-2-6-16-9-11/h4-5,8,11,13H,2-3,6-7,9,14H2,1H3. The lowest BCUT2D eigenvalue weighted by Crippen LogP contribution is -2.37. The van der Waals surface area contributed by atoms with Crippen molar-refractivity contribution in [3.63, 3.8) is 0 Å². The number of pyridine rings is 1. The SMILES string of the molecule is Cc1ccc(CC(N)C2CCCOC2)nc1. The molecule has 2 N–H and O–H groups in total. The van der Waals surface area contributed by atoms with Crippen LogP contribution < -0.4 is 5.73 Å². The summed E-state index contributed by atoms with van der Waals surface area (Å²) in [6, 6.07) is 4.33. The summed E-state index contributed by atoms with van der Waals surface area (Å²) in [4.78, 5) is 4.39. The van der Waals surface area contributed by atoms with Crippen LogP contribution in [0, 0.1) is 12.8 Å². The van der Waals surface area contributed by atoms with Crippen LogP contribution in [0.1, 0.15) is 24.1 Å². The van der Waals surface area contributed by atoms with Gasteiger partial charge in [-0.1, -0.05) is 6.07 Å². The fraction of sp³-hybridized carbons (Fsp3) is 0.615. The number of aromatic nitrogens is 1. The van der Waals surface area contributed by atoms with Gasteiger partial charge in [-0.05, 0) is 37.3 Å². The largest absolute Gasteiger partial charge is 0.381 e. The minimum atomic E-state index is 0.176. The normalized spacial score (nSPS) is 23.0. The van der Waals surface area contributed by atoms with Crippen LogP contribution in [0.15, 0.2) is 18.3 Å². The molecule has 2 unspecified atom stereocenters. The highest BCUT2D eigenvalue weighted by Gasteiger charge is 2.21. The second-order valence-electron chi connectivity index (χ2n) is 4.67. The number of nitrogens with two attached hydrogens (primary N) is 1. The molecule has 1 aromatic heterocycles. The molecule has 2 rings (SSSR count). The van der Waals surface area contributed by atoms with Crippen LogP contribution in [-0.4, -0.2) is 24.2 Å². The van der Waals surface area contributed by atoms with Gasteiger partial charge >= 0.3 is 0 Å². The zero-order valence-electron chi connectivity index (χ0n) is 9.86. The van der Waals surface area contributed by atoms with E-state index in [9.17, 15) is 0 Å². The highest BCUT2D eigenvalue weighted by Crippen LogP contribution is 2.18. The average Bonchev–Trinajstić information content (AvgIpc) is 2.33. The maximum atomic E-state index is 6.20. The van der Waals surface area contributed by atoms with Crippen LogP contribution in [0.3, 0.4) is 0 Å². The summed E-state index contributed by atoms with van der Waals surface area (Å²) in [7, 11) is 0. The summed E-state index contributed by atoms with van der Waals surface area (Å²) in [5.74, 6) is 0.497. The maximum absolute atomic E-state index is 6.20. The average molecular weight is 220 g/mol. The molecule has 2 atom stereocenters. The first-order valence-corrected chi connectivity index (χ1v) is 6.00. The molecular weight excluding hydrogens is 200 g/mol. The van der Waals surface area contributed by atoms with E-state index in [0.717, 1.165) is 31.7 Å². The molecule has 16 heavy (non-hydrogen) atoms. The van der Waals surface area contributed by atoms with Gasteiger partial charge in [0.1, 0.15) is 0 Å². The first kappa shape index (κ1) is 11.6. The van der Waals surface area contributed by atoms with Crippen molar-refractivity contribution in [2.45, 2.75) is 32.2 Å². The van der Waals surface area contributed by atoms with E-state index in [1.807, 2.05) is 13.1 Å². The summed E-state index contributed by atoms with van der Waals surface area (Å²) in [6.07, 6.45) is 5.08. The van der Waals surface area contributed by atoms with E-state index in [4.69, 9.17) is 10.5 Å². The molecular formula is C13H20N2O. The number of ether oxygens (including phenoxy) is 1. The van der Waals surface area contributed by atoms with Gasteiger partial charge in [0, 0.05) is 31.0 Å². The third-order valence-electron chi connectivity index (χ3n) is 3.22. The van der Waals surface area contributed by atoms with E-state index in [2.05, 4.69) is 17.1 Å². The molecule has 0 amide bonds. The molecule has 1 aliphatic rings. The maximum Gasteiger partial charge on any atom is 0.0509 e. The van der Waals surface area contributed by atoms with Crippen molar-refractivity contribution in [3.8, 4) is 0 Å². The first-order chi connectivity index (χ1) is 7.75. The molecule has 3 heteroatoms. The minimum absolute atomic E-state index is 0.176. The Morgan fingerprint density at radius 3 is 3.06 bits per heavy atom. The topological polar surface area (TPSA) is 48.1 Å². The zero-order chi connectivity index (χ0) is 11.4. The predicted octanol–water partition coefficient (Wildman–Crippen LogP) is 1.69. The molecule has 0 aliphatic carbocycles. The van der Waals surface area contributed by atoms with Crippen molar-refractivity contribution in [2.24, 2.45) is 11.7 Å². The number of hydrogen-bond acceptors (Lipinski definition) is 3. The third-order valence-corrected chi connectivity index (χ3v) is 3.22. The van der Waals surface area contributed by atoms with Crippen LogP contribution >= 0.6 is 0 Å². The van der Waals surface area contributed by atoms with Crippen molar-refractivity contribution in [2.75, 3.05) is 13.2 Å². The zero-order valence-corrected chi connectivity index (χ0v) is 9.86. The molecule has 0 aromatic carbocycles. The van der Waals surface area contributed by atoms with Gasteiger partial charge < -0.3 is 10.5 Å². The molecule has 0 spiro atoms. The fourth-order valence-electron chi connectivity index (χ4n) is 2.13. The molecule has 0 radical (unpaired) electrons. The lowest BCUT2D eigenvalue weighted by Gasteiger charge is -2.27. The van der Waals surface area contributed by atoms with E-state index in [1.54, 1.807) is 0 Å².